The van der Waals surface area contributed by atoms with Crippen molar-refractivity contribution in [3.05, 3.63) is 35.4 Å². The van der Waals surface area contributed by atoms with E-state index in [1.54, 1.807) is 11.0 Å². The molecule has 0 aliphatic carbocycles. The molecule has 1 aliphatic rings. The molecule has 1 saturated heterocycles. The Bertz CT molecular complexity index is 577. The van der Waals surface area contributed by atoms with Crippen LogP contribution in [0.25, 0.3) is 0 Å². The highest BCUT2D eigenvalue weighted by molar-refractivity contribution is 7.91. The molecule has 0 bridgehead atoms. The molecular formula is C14H19NO4S. The highest BCUT2D eigenvalue weighted by atomic mass is 32.2. The van der Waals surface area contributed by atoms with Gasteiger partial charge in [-0.25, -0.2) is 8.42 Å². The van der Waals surface area contributed by atoms with Crippen LogP contribution in [0.2, 0.25) is 0 Å². The molecule has 0 N–H and O–H groups in total. The number of hydrogen-bond acceptors (Lipinski definition) is 4. The van der Waals surface area contributed by atoms with Crippen LogP contribution in [0.1, 0.15) is 11.1 Å². The fourth-order valence-corrected chi connectivity index (χ4v) is 3.55. The Morgan fingerprint density at radius 1 is 1.30 bits per heavy atom. The van der Waals surface area contributed by atoms with Crippen molar-refractivity contribution < 1.29 is 17.9 Å². The van der Waals surface area contributed by atoms with E-state index in [0.717, 1.165) is 11.1 Å². The first-order valence-electron chi connectivity index (χ1n) is 6.58. The second kappa shape index (κ2) is 6.37. The van der Waals surface area contributed by atoms with E-state index in [9.17, 15) is 13.2 Å². The third kappa shape index (κ3) is 4.31. The van der Waals surface area contributed by atoms with E-state index in [1.807, 2.05) is 25.1 Å². The third-order valence-electron chi connectivity index (χ3n) is 3.18. The average Bonchev–Trinajstić information content (AvgIpc) is 2.38. The molecule has 2 rings (SSSR count). The van der Waals surface area contributed by atoms with Crippen LogP contribution in [0, 0.1) is 6.92 Å². The fourth-order valence-electron chi connectivity index (χ4n) is 2.20. The molecule has 1 aromatic rings. The third-order valence-corrected chi connectivity index (χ3v) is 4.64. The van der Waals surface area contributed by atoms with Crippen molar-refractivity contribution in [1.29, 1.82) is 0 Å². The summed E-state index contributed by atoms with van der Waals surface area (Å²) in [5.74, 6) is -0.855. The minimum atomic E-state index is -3.43. The van der Waals surface area contributed by atoms with E-state index < -0.39 is 15.6 Å². The summed E-state index contributed by atoms with van der Waals surface area (Å²) in [6.07, 6.45) is 0. The SMILES string of the molecule is Cc1cccc(CS(=O)(=O)CC(=O)N2CCOCC2)c1. The zero-order valence-corrected chi connectivity index (χ0v) is 12.4. The summed E-state index contributed by atoms with van der Waals surface area (Å²) < 4.78 is 29.3. The lowest BCUT2D eigenvalue weighted by Crippen LogP contribution is -2.43. The van der Waals surface area contributed by atoms with Gasteiger partial charge in [0.1, 0.15) is 5.75 Å². The number of benzene rings is 1. The molecule has 1 aliphatic heterocycles. The van der Waals surface area contributed by atoms with Gasteiger partial charge in [0.05, 0.1) is 19.0 Å². The molecule has 0 radical (unpaired) electrons. The van der Waals surface area contributed by atoms with Gasteiger partial charge in [-0.05, 0) is 12.5 Å². The minimum Gasteiger partial charge on any atom is -0.378 e. The van der Waals surface area contributed by atoms with Crippen molar-refractivity contribution in [1.82, 2.24) is 4.90 Å². The van der Waals surface area contributed by atoms with Gasteiger partial charge in [0.25, 0.3) is 0 Å². The number of sulfone groups is 1. The van der Waals surface area contributed by atoms with Crippen LogP contribution in [-0.4, -0.2) is 51.3 Å². The fraction of sp³-hybridized carbons (Fsp3) is 0.500. The average molecular weight is 297 g/mol. The first-order valence-corrected chi connectivity index (χ1v) is 8.40. The van der Waals surface area contributed by atoms with E-state index in [2.05, 4.69) is 0 Å². The highest BCUT2D eigenvalue weighted by Crippen LogP contribution is 2.10. The largest absolute Gasteiger partial charge is 0.378 e. The summed E-state index contributed by atoms with van der Waals surface area (Å²) in [5, 5.41) is 0. The van der Waals surface area contributed by atoms with Crippen LogP contribution in [-0.2, 0) is 25.1 Å². The molecule has 1 heterocycles. The summed E-state index contributed by atoms with van der Waals surface area (Å²) in [6, 6.07) is 7.33. The van der Waals surface area contributed by atoms with E-state index in [1.165, 1.54) is 0 Å². The molecule has 20 heavy (non-hydrogen) atoms. The zero-order chi connectivity index (χ0) is 14.6. The number of aryl methyl sites for hydroxylation is 1. The van der Waals surface area contributed by atoms with E-state index in [-0.39, 0.29) is 11.7 Å². The smallest absolute Gasteiger partial charge is 0.237 e. The number of carbonyl (C=O) groups is 1. The maximum absolute atomic E-state index is 12.1. The van der Waals surface area contributed by atoms with Gasteiger partial charge in [-0.1, -0.05) is 29.8 Å². The summed E-state index contributed by atoms with van der Waals surface area (Å²) >= 11 is 0. The Balaban J connectivity index is 1.98. The van der Waals surface area contributed by atoms with Gasteiger partial charge in [0, 0.05) is 13.1 Å². The van der Waals surface area contributed by atoms with Crippen molar-refractivity contribution in [3.8, 4) is 0 Å². The Hall–Kier alpha value is -1.40. The molecule has 5 nitrogen and oxygen atoms in total. The Morgan fingerprint density at radius 3 is 2.65 bits per heavy atom. The maximum atomic E-state index is 12.1. The van der Waals surface area contributed by atoms with Gasteiger partial charge in [-0.3, -0.25) is 4.79 Å². The number of amides is 1. The van der Waals surface area contributed by atoms with Gasteiger partial charge < -0.3 is 9.64 Å². The van der Waals surface area contributed by atoms with Crippen molar-refractivity contribution in [2.24, 2.45) is 0 Å². The quantitative estimate of drug-likeness (QED) is 0.823. The summed E-state index contributed by atoms with van der Waals surface area (Å²) in [7, 11) is -3.43. The normalized spacial score (nSPS) is 16.1. The van der Waals surface area contributed by atoms with Crippen molar-refractivity contribution >= 4 is 15.7 Å². The van der Waals surface area contributed by atoms with Crippen LogP contribution < -0.4 is 0 Å². The monoisotopic (exact) mass is 297 g/mol. The number of ether oxygens (including phenoxy) is 1. The molecule has 1 fully saturated rings. The molecule has 1 aromatic carbocycles. The number of nitrogens with zero attached hydrogens (tertiary/aromatic N) is 1. The molecule has 0 atom stereocenters. The van der Waals surface area contributed by atoms with Crippen LogP contribution in [0.3, 0.4) is 0 Å². The molecule has 6 heteroatoms. The van der Waals surface area contributed by atoms with Crippen LogP contribution in [0.4, 0.5) is 0 Å². The van der Waals surface area contributed by atoms with Crippen molar-refractivity contribution in [3.63, 3.8) is 0 Å². The summed E-state index contributed by atoms with van der Waals surface area (Å²) in [5.41, 5.74) is 1.73. The number of carbonyl (C=O) groups excluding carboxylic acids is 1. The van der Waals surface area contributed by atoms with Crippen molar-refractivity contribution in [2.45, 2.75) is 12.7 Å². The molecule has 110 valence electrons. The van der Waals surface area contributed by atoms with Gasteiger partial charge in [-0.15, -0.1) is 0 Å². The molecule has 0 unspecified atom stereocenters. The van der Waals surface area contributed by atoms with E-state index >= 15 is 0 Å². The Labute approximate surface area is 119 Å². The predicted molar refractivity (Wildman–Crippen MR) is 76.1 cm³/mol. The first-order chi connectivity index (χ1) is 9.46. The standard InChI is InChI=1S/C14H19NO4S/c1-12-3-2-4-13(9-12)10-20(17,18)11-14(16)15-5-7-19-8-6-15/h2-4,9H,5-8,10-11H2,1H3. The van der Waals surface area contributed by atoms with E-state index in [4.69, 9.17) is 4.74 Å². The minimum absolute atomic E-state index is 0.0925. The lowest BCUT2D eigenvalue weighted by molar-refractivity contribution is -0.132. The van der Waals surface area contributed by atoms with Crippen LogP contribution in [0.15, 0.2) is 24.3 Å². The van der Waals surface area contributed by atoms with Crippen LogP contribution >= 0.6 is 0 Å². The van der Waals surface area contributed by atoms with Gasteiger partial charge in [0.15, 0.2) is 9.84 Å². The van der Waals surface area contributed by atoms with E-state index in [0.29, 0.717) is 26.3 Å². The lowest BCUT2D eigenvalue weighted by Gasteiger charge is -2.26. The molecular weight excluding hydrogens is 278 g/mol. The molecule has 1 amide bonds. The highest BCUT2D eigenvalue weighted by Gasteiger charge is 2.23. The zero-order valence-electron chi connectivity index (χ0n) is 11.5. The molecule has 0 saturated carbocycles. The first kappa shape index (κ1) is 15.0. The molecule has 0 aromatic heterocycles. The molecule has 0 spiro atoms. The number of morpholine rings is 1. The predicted octanol–water partition coefficient (Wildman–Crippen LogP) is 0.769. The summed E-state index contributed by atoms with van der Waals surface area (Å²) in [6.45, 7) is 3.81. The Kier molecular flexibility index (Phi) is 4.77. The van der Waals surface area contributed by atoms with Gasteiger partial charge >= 0.3 is 0 Å². The lowest BCUT2D eigenvalue weighted by atomic mass is 10.2. The number of hydrogen-bond donors (Lipinski definition) is 0. The second-order valence-corrected chi connectivity index (χ2v) is 7.08. The second-order valence-electron chi connectivity index (χ2n) is 5.01. The van der Waals surface area contributed by atoms with Crippen molar-refractivity contribution in [2.75, 3.05) is 32.1 Å². The maximum Gasteiger partial charge on any atom is 0.237 e. The summed E-state index contributed by atoms with van der Waals surface area (Å²) in [4.78, 5) is 13.5. The van der Waals surface area contributed by atoms with Gasteiger partial charge in [-0.2, -0.15) is 0 Å². The van der Waals surface area contributed by atoms with Crippen LogP contribution in [0.5, 0.6) is 0 Å². The number of rotatable bonds is 4. The topological polar surface area (TPSA) is 63.7 Å². The van der Waals surface area contributed by atoms with Gasteiger partial charge in [0.2, 0.25) is 5.91 Å². The Morgan fingerprint density at radius 2 is 2.00 bits per heavy atom.